The first-order valence-corrected chi connectivity index (χ1v) is 5.39. The van der Waals surface area contributed by atoms with Gasteiger partial charge in [-0.25, -0.2) is 0 Å². The van der Waals surface area contributed by atoms with Gasteiger partial charge in [-0.1, -0.05) is 0 Å². The number of phenols is 1. The molecule has 0 spiro atoms. The van der Waals surface area contributed by atoms with Crippen molar-refractivity contribution in [3.63, 3.8) is 0 Å². The smallest absolute Gasteiger partial charge is 0.310 e. The summed E-state index contributed by atoms with van der Waals surface area (Å²) in [5, 5.41) is 9.14. The van der Waals surface area contributed by atoms with Gasteiger partial charge in [-0.05, 0) is 30.7 Å². The van der Waals surface area contributed by atoms with Crippen molar-refractivity contribution in [2.75, 3.05) is 0 Å². The van der Waals surface area contributed by atoms with Crippen LogP contribution in [0.5, 0.6) is 11.5 Å². The monoisotopic (exact) mass is 268 g/mol. The summed E-state index contributed by atoms with van der Waals surface area (Å²) in [7, 11) is 0. The SMILES string of the molecule is CC(=O)OC(C)=O.CC(=O)Oc1ccc(O)c(C)c1. The van der Waals surface area contributed by atoms with Gasteiger partial charge in [0, 0.05) is 20.8 Å². The summed E-state index contributed by atoms with van der Waals surface area (Å²) in [6.07, 6.45) is 0. The minimum atomic E-state index is -0.562. The molecule has 0 heterocycles. The highest BCUT2D eigenvalue weighted by molar-refractivity contribution is 5.82. The van der Waals surface area contributed by atoms with Gasteiger partial charge >= 0.3 is 17.9 Å². The van der Waals surface area contributed by atoms with Gasteiger partial charge in [0.1, 0.15) is 11.5 Å². The molecule has 1 N–H and O–H groups in total. The fourth-order valence-electron chi connectivity index (χ4n) is 1.06. The van der Waals surface area contributed by atoms with Crippen LogP contribution in [0.2, 0.25) is 0 Å². The van der Waals surface area contributed by atoms with Gasteiger partial charge in [-0.2, -0.15) is 0 Å². The molecule has 104 valence electrons. The van der Waals surface area contributed by atoms with Crippen LogP contribution in [0.4, 0.5) is 0 Å². The van der Waals surface area contributed by atoms with Crippen molar-refractivity contribution in [3.8, 4) is 11.5 Å². The number of ether oxygens (including phenoxy) is 2. The quantitative estimate of drug-likeness (QED) is 0.474. The topological polar surface area (TPSA) is 89.9 Å². The Bertz CT molecular complexity index is 466. The molecule has 0 unspecified atom stereocenters. The molecule has 0 saturated carbocycles. The molecule has 0 amide bonds. The predicted molar refractivity (Wildman–Crippen MR) is 66.6 cm³/mol. The second kappa shape index (κ2) is 7.86. The van der Waals surface area contributed by atoms with Crippen molar-refractivity contribution in [2.45, 2.75) is 27.7 Å². The van der Waals surface area contributed by atoms with Gasteiger partial charge in [0.2, 0.25) is 0 Å². The summed E-state index contributed by atoms with van der Waals surface area (Å²) in [5.74, 6) is -0.830. The normalized spacial score (nSPS) is 8.84. The minimum absolute atomic E-state index is 0.200. The van der Waals surface area contributed by atoms with E-state index >= 15 is 0 Å². The number of carbonyl (C=O) groups excluding carboxylic acids is 3. The fraction of sp³-hybridized carbons (Fsp3) is 0.308. The highest BCUT2D eigenvalue weighted by Gasteiger charge is 2.00. The lowest BCUT2D eigenvalue weighted by molar-refractivity contribution is -0.156. The number of aryl methyl sites for hydroxylation is 1. The number of carbonyl (C=O) groups is 3. The molecule has 0 aliphatic rings. The van der Waals surface area contributed by atoms with Gasteiger partial charge in [0.15, 0.2) is 0 Å². The Hall–Kier alpha value is -2.37. The van der Waals surface area contributed by atoms with Gasteiger partial charge in [0.05, 0.1) is 0 Å². The van der Waals surface area contributed by atoms with Crippen LogP contribution in [0.3, 0.4) is 0 Å². The molecule has 0 bridgehead atoms. The maximum Gasteiger partial charge on any atom is 0.310 e. The van der Waals surface area contributed by atoms with E-state index in [1.54, 1.807) is 19.1 Å². The van der Waals surface area contributed by atoms with E-state index in [2.05, 4.69) is 4.74 Å². The number of hydrogen-bond donors (Lipinski definition) is 1. The third-order valence-electron chi connectivity index (χ3n) is 1.72. The molecule has 0 aliphatic heterocycles. The van der Waals surface area contributed by atoms with Crippen LogP contribution in [0, 0.1) is 6.92 Å². The first kappa shape index (κ1) is 16.6. The van der Waals surface area contributed by atoms with E-state index in [1.807, 2.05) is 0 Å². The van der Waals surface area contributed by atoms with Crippen LogP contribution in [-0.2, 0) is 19.1 Å². The molecule has 19 heavy (non-hydrogen) atoms. The Balaban J connectivity index is 0.000000399. The number of rotatable bonds is 1. The van der Waals surface area contributed by atoms with Crippen molar-refractivity contribution < 1.29 is 29.0 Å². The number of esters is 3. The molecule has 6 nitrogen and oxygen atoms in total. The molecule has 0 fully saturated rings. The lowest BCUT2D eigenvalue weighted by Crippen LogP contribution is -2.03. The summed E-state index contributed by atoms with van der Waals surface area (Å²) in [6, 6.07) is 4.65. The average Bonchev–Trinajstić information content (AvgIpc) is 2.21. The van der Waals surface area contributed by atoms with Gasteiger partial charge in [0.25, 0.3) is 0 Å². The average molecular weight is 268 g/mol. The van der Waals surface area contributed by atoms with E-state index in [0.717, 1.165) is 0 Å². The summed E-state index contributed by atoms with van der Waals surface area (Å²) >= 11 is 0. The van der Waals surface area contributed by atoms with Gasteiger partial charge in [-0.3, -0.25) is 14.4 Å². The number of benzene rings is 1. The summed E-state index contributed by atoms with van der Waals surface area (Å²) in [6.45, 7) is 5.44. The molecule has 0 saturated heterocycles. The molecule has 1 rings (SSSR count). The Labute approximate surface area is 110 Å². The third-order valence-corrected chi connectivity index (χ3v) is 1.72. The summed E-state index contributed by atoms with van der Waals surface area (Å²) in [5.41, 5.74) is 0.689. The number of hydrogen-bond acceptors (Lipinski definition) is 6. The molecule has 0 atom stereocenters. The van der Waals surface area contributed by atoms with E-state index in [0.29, 0.717) is 11.3 Å². The predicted octanol–water partition coefficient (Wildman–Crippen LogP) is 1.72. The minimum Gasteiger partial charge on any atom is -0.508 e. The standard InChI is InChI=1S/C9H10O3.C4H6O3/c1-6-5-8(12-7(2)10)3-4-9(6)11;1-3(5)7-4(2)6/h3-5,11H,1-2H3;1-2H3. The molecule has 0 aliphatic carbocycles. The zero-order chi connectivity index (χ0) is 15.0. The van der Waals surface area contributed by atoms with Crippen molar-refractivity contribution in [3.05, 3.63) is 23.8 Å². The lowest BCUT2D eigenvalue weighted by Gasteiger charge is -2.02. The highest BCUT2D eigenvalue weighted by atomic mass is 16.6. The largest absolute Gasteiger partial charge is 0.508 e. The first-order valence-electron chi connectivity index (χ1n) is 5.39. The van der Waals surface area contributed by atoms with Crippen LogP contribution in [0.1, 0.15) is 26.3 Å². The van der Waals surface area contributed by atoms with Crippen LogP contribution in [0.15, 0.2) is 18.2 Å². The zero-order valence-electron chi connectivity index (χ0n) is 11.2. The van der Waals surface area contributed by atoms with Crippen molar-refractivity contribution in [2.24, 2.45) is 0 Å². The van der Waals surface area contributed by atoms with E-state index in [9.17, 15) is 14.4 Å². The molecule has 0 radical (unpaired) electrons. The van der Waals surface area contributed by atoms with Crippen LogP contribution >= 0.6 is 0 Å². The van der Waals surface area contributed by atoms with Gasteiger partial charge in [-0.15, -0.1) is 0 Å². The third kappa shape index (κ3) is 8.37. The first-order chi connectivity index (χ1) is 8.72. The van der Waals surface area contributed by atoms with E-state index in [4.69, 9.17) is 9.84 Å². The number of phenolic OH excluding ortho intramolecular Hbond substituents is 1. The fourth-order valence-corrected chi connectivity index (χ4v) is 1.06. The zero-order valence-corrected chi connectivity index (χ0v) is 11.2. The van der Waals surface area contributed by atoms with Crippen molar-refractivity contribution in [1.82, 2.24) is 0 Å². The van der Waals surface area contributed by atoms with E-state index in [-0.39, 0.29) is 11.7 Å². The molecule has 6 heteroatoms. The second-order valence-corrected chi connectivity index (χ2v) is 3.63. The van der Waals surface area contributed by atoms with E-state index in [1.165, 1.54) is 26.8 Å². The molecular formula is C13H16O6. The number of aromatic hydroxyl groups is 1. The molecular weight excluding hydrogens is 252 g/mol. The maximum atomic E-state index is 10.5. The van der Waals surface area contributed by atoms with Crippen LogP contribution < -0.4 is 4.74 Å². The Morgan fingerprint density at radius 2 is 1.53 bits per heavy atom. The van der Waals surface area contributed by atoms with Gasteiger partial charge < -0.3 is 14.6 Å². The Morgan fingerprint density at radius 1 is 1.00 bits per heavy atom. The Morgan fingerprint density at radius 3 is 1.84 bits per heavy atom. The maximum absolute atomic E-state index is 10.5. The Kier molecular flexibility index (Phi) is 6.88. The molecule has 1 aromatic carbocycles. The van der Waals surface area contributed by atoms with E-state index < -0.39 is 11.9 Å². The van der Waals surface area contributed by atoms with Crippen molar-refractivity contribution in [1.29, 1.82) is 0 Å². The van der Waals surface area contributed by atoms with Crippen LogP contribution in [-0.4, -0.2) is 23.0 Å². The summed E-state index contributed by atoms with van der Waals surface area (Å²) < 4.78 is 8.77. The van der Waals surface area contributed by atoms with Crippen LogP contribution in [0.25, 0.3) is 0 Å². The second-order valence-electron chi connectivity index (χ2n) is 3.63. The molecule has 1 aromatic rings. The summed E-state index contributed by atoms with van der Waals surface area (Å²) in [4.78, 5) is 30.1. The van der Waals surface area contributed by atoms with Crippen molar-refractivity contribution >= 4 is 17.9 Å². The lowest BCUT2D eigenvalue weighted by atomic mass is 10.2. The molecule has 0 aromatic heterocycles. The highest BCUT2D eigenvalue weighted by Crippen LogP contribution is 2.21.